The molecule has 0 aliphatic heterocycles. The van der Waals surface area contributed by atoms with Crippen LogP contribution < -0.4 is 19.9 Å². The number of para-hydroxylation sites is 2. The molecule has 3 rings (SSSR count). The van der Waals surface area contributed by atoms with Crippen molar-refractivity contribution in [3.05, 3.63) is 53.7 Å². The lowest BCUT2D eigenvalue weighted by molar-refractivity contribution is 0.0996. The lowest BCUT2D eigenvalue weighted by atomic mass is 10.1. The Bertz CT molecular complexity index is 939. The fraction of sp³-hybridized carbons (Fsp3) is 0.211. The average molecular weight is 368 g/mol. The number of hydrogen-bond acceptors (Lipinski definition) is 6. The van der Waals surface area contributed by atoms with Crippen LogP contribution in [-0.2, 0) is 6.61 Å². The zero-order valence-electron chi connectivity index (χ0n) is 15.1. The summed E-state index contributed by atoms with van der Waals surface area (Å²) >= 11 is 0. The van der Waals surface area contributed by atoms with Crippen molar-refractivity contribution in [2.24, 2.45) is 5.73 Å². The van der Waals surface area contributed by atoms with Gasteiger partial charge < -0.3 is 19.9 Å². The van der Waals surface area contributed by atoms with E-state index in [2.05, 4.69) is 15.4 Å². The van der Waals surface area contributed by atoms with Crippen LogP contribution in [0, 0.1) is 0 Å². The van der Waals surface area contributed by atoms with Gasteiger partial charge in [-0.1, -0.05) is 12.1 Å². The van der Waals surface area contributed by atoms with E-state index in [0.717, 1.165) is 5.56 Å². The number of methoxy groups -OCH3 is 1. The smallest absolute Gasteiger partial charge is 0.271 e. The number of nitrogens with one attached hydrogen (secondary N) is 1. The molecule has 0 unspecified atom stereocenters. The second-order valence-electron chi connectivity index (χ2n) is 5.58. The van der Waals surface area contributed by atoms with Gasteiger partial charge in [-0.25, -0.2) is 0 Å². The summed E-state index contributed by atoms with van der Waals surface area (Å²) in [5.41, 5.74) is 7.25. The summed E-state index contributed by atoms with van der Waals surface area (Å²) in [6, 6.07) is 12.8. The number of aromatic amines is 1. The van der Waals surface area contributed by atoms with E-state index in [0.29, 0.717) is 35.1 Å². The Morgan fingerprint density at radius 2 is 1.81 bits per heavy atom. The van der Waals surface area contributed by atoms with Crippen LogP contribution in [0.3, 0.4) is 0 Å². The largest absolute Gasteiger partial charge is 0.496 e. The van der Waals surface area contributed by atoms with Crippen molar-refractivity contribution < 1.29 is 19.0 Å². The van der Waals surface area contributed by atoms with Gasteiger partial charge in [-0.3, -0.25) is 4.79 Å². The summed E-state index contributed by atoms with van der Waals surface area (Å²) in [5.74, 6) is 1.29. The molecule has 27 heavy (non-hydrogen) atoms. The maximum atomic E-state index is 11.5. The molecule has 1 heterocycles. The summed E-state index contributed by atoms with van der Waals surface area (Å²) < 4.78 is 16.9. The minimum atomic E-state index is -0.655. The Hall–Kier alpha value is -3.55. The maximum absolute atomic E-state index is 11.5. The standard InChI is InChI=1S/C19H20N4O4/c1-3-26-15-6-4-5-7-16(15)27-11-13-10-12(8-9-14(13)25-2)17-18(19(20)24)22-23-21-17/h4-10H,3,11H2,1-2H3,(H2,20,24)(H,21,22,23). The number of carbonyl (C=O) groups is 1. The van der Waals surface area contributed by atoms with Crippen LogP contribution in [0.15, 0.2) is 42.5 Å². The molecule has 0 spiro atoms. The molecule has 3 aromatic rings. The van der Waals surface area contributed by atoms with E-state index in [-0.39, 0.29) is 12.3 Å². The average Bonchev–Trinajstić information content (AvgIpc) is 3.17. The number of carbonyl (C=O) groups excluding carboxylic acids is 1. The third-order valence-electron chi connectivity index (χ3n) is 3.87. The van der Waals surface area contributed by atoms with E-state index in [4.69, 9.17) is 19.9 Å². The van der Waals surface area contributed by atoms with E-state index in [1.807, 2.05) is 37.3 Å². The predicted octanol–water partition coefficient (Wildman–Crippen LogP) is 2.56. The number of amides is 1. The Balaban J connectivity index is 1.89. The molecule has 1 aromatic heterocycles. The second-order valence-corrected chi connectivity index (χ2v) is 5.58. The molecule has 0 aliphatic rings. The molecule has 0 saturated carbocycles. The second kappa shape index (κ2) is 8.22. The molecule has 140 valence electrons. The molecule has 2 aromatic carbocycles. The van der Waals surface area contributed by atoms with Crippen molar-refractivity contribution in [2.75, 3.05) is 13.7 Å². The van der Waals surface area contributed by atoms with Crippen molar-refractivity contribution in [3.8, 4) is 28.5 Å². The van der Waals surface area contributed by atoms with Crippen LogP contribution in [0.25, 0.3) is 11.3 Å². The third-order valence-corrected chi connectivity index (χ3v) is 3.87. The first-order chi connectivity index (χ1) is 13.1. The van der Waals surface area contributed by atoms with Crippen LogP contribution in [0.1, 0.15) is 23.0 Å². The van der Waals surface area contributed by atoms with Crippen LogP contribution in [0.5, 0.6) is 17.2 Å². The maximum Gasteiger partial charge on any atom is 0.271 e. The van der Waals surface area contributed by atoms with Crippen molar-refractivity contribution in [2.45, 2.75) is 13.5 Å². The Morgan fingerprint density at radius 3 is 2.48 bits per heavy atom. The van der Waals surface area contributed by atoms with Crippen molar-refractivity contribution >= 4 is 5.91 Å². The predicted molar refractivity (Wildman–Crippen MR) is 98.8 cm³/mol. The molecular formula is C19H20N4O4. The van der Waals surface area contributed by atoms with Crippen molar-refractivity contribution in [1.82, 2.24) is 15.4 Å². The van der Waals surface area contributed by atoms with Gasteiger partial charge in [-0.2, -0.15) is 15.4 Å². The Morgan fingerprint density at radius 1 is 1.07 bits per heavy atom. The fourth-order valence-corrected chi connectivity index (χ4v) is 2.64. The third kappa shape index (κ3) is 4.00. The van der Waals surface area contributed by atoms with Gasteiger partial charge in [0.05, 0.1) is 13.7 Å². The van der Waals surface area contributed by atoms with Crippen molar-refractivity contribution in [3.63, 3.8) is 0 Å². The highest BCUT2D eigenvalue weighted by atomic mass is 16.5. The first-order valence-electron chi connectivity index (χ1n) is 8.36. The molecule has 8 nitrogen and oxygen atoms in total. The molecule has 8 heteroatoms. The van der Waals surface area contributed by atoms with Crippen molar-refractivity contribution in [1.29, 1.82) is 0 Å². The summed E-state index contributed by atoms with van der Waals surface area (Å²) in [4.78, 5) is 11.5. The lowest BCUT2D eigenvalue weighted by Crippen LogP contribution is -2.12. The van der Waals surface area contributed by atoms with E-state index in [1.165, 1.54) is 0 Å². The zero-order valence-corrected chi connectivity index (χ0v) is 15.1. The SMILES string of the molecule is CCOc1ccccc1OCc1cc(-c2n[nH]nc2C(N)=O)ccc1OC. The number of primary amides is 1. The van der Waals surface area contributed by atoms with E-state index in [9.17, 15) is 4.79 Å². The highest BCUT2D eigenvalue weighted by molar-refractivity contribution is 5.96. The van der Waals surface area contributed by atoms with Gasteiger partial charge in [-0.15, -0.1) is 0 Å². The van der Waals surface area contributed by atoms with Gasteiger partial charge in [-0.05, 0) is 37.3 Å². The Labute approximate surface area is 156 Å². The number of ether oxygens (including phenoxy) is 3. The number of H-pyrrole nitrogens is 1. The number of aromatic nitrogens is 3. The molecule has 1 amide bonds. The summed E-state index contributed by atoms with van der Waals surface area (Å²) in [7, 11) is 1.58. The van der Waals surface area contributed by atoms with Gasteiger partial charge in [0.2, 0.25) is 0 Å². The normalized spacial score (nSPS) is 10.4. The van der Waals surface area contributed by atoms with E-state index < -0.39 is 5.91 Å². The number of nitrogens with two attached hydrogens (primary N) is 1. The van der Waals surface area contributed by atoms with Gasteiger partial charge in [0, 0.05) is 11.1 Å². The minimum absolute atomic E-state index is 0.0775. The number of nitrogens with zero attached hydrogens (tertiary/aromatic N) is 2. The number of hydrogen-bond donors (Lipinski definition) is 2. The zero-order chi connectivity index (χ0) is 19.2. The number of benzene rings is 2. The van der Waals surface area contributed by atoms with Crippen LogP contribution >= 0.6 is 0 Å². The number of rotatable bonds is 8. The van der Waals surface area contributed by atoms with E-state index >= 15 is 0 Å². The molecular weight excluding hydrogens is 348 g/mol. The molecule has 0 fully saturated rings. The van der Waals surface area contributed by atoms with Crippen LogP contribution in [-0.4, -0.2) is 35.0 Å². The minimum Gasteiger partial charge on any atom is -0.496 e. The molecule has 0 saturated heterocycles. The fourth-order valence-electron chi connectivity index (χ4n) is 2.64. The Kier molecular flexibility index (Phi) is 5.55. The first-order valence-corrected chi connectivity index (χ1v) is 8.36. The molecule has 3 N–H and O–H groups in total. The lowest BCUT2D eigenvalue weighted by Gasteiger charge is -2.14. The van der Waals surface area contributed by atoms with Gasteiger partial charge in [0.1, 0.15) is 18.1 Å². The topological polar surface area (TPSA) is 112 Å². The van der Waals surface area contributed by atoms with Gasteiger partial charge in [0.15, 0.2) is 17.2 Å². The van der Waals surface area contributed by atoms with Crippen LogP contribution in [0.4, 0.5) is 0 Å². The summed E-state index contributed by atoms with van der Waals surface area (Å²) in [5, 5.41) is 10.2. The molecule has 0 aliphatic carbocycles. The molecule has 0 radical (unpaired) electrons. The summed E-state index contributed by atoms with van der Waals surface area (Å²) in [6.45, 7) is 2.70. The highest BCUT2D eigenvalue weighted by Gasteiger charge is 2.17. The summed E-state index contributed by atoms with van der Waals surface area (Å²) in [6.07, 6.45) is 0. The first kappa shape index (κ1) is 18.2. The highest BCUT2D eigenvalue weighted by Crippen LogP contribution is 2.31. The van der Waals surface area contributed by atoms with Gasteiger partial charge in [0.25, 0.3) is 5.91 Å². The molecule has 0 bridgehead atoms. The van der Waals surface area contributed by atoms with Gasteiger partial charge >= 0.3 is 0 Å². The quantitative estimate of drug-likeness (QED) is 0.632. The van der Waals surface area contributed by atoms with Crippen LogP contribution in [0.2, 0.25) is 0 Å². The molecule has 0 atom stereocenters. The monoisotopic (exact) mass is 368 g/mol. The van der Waals surface area contributed by atoms with E-state index in [1.54, 1.807) is 19.2 Å².